The molecule has 0 atom stereocenters. The molecule has 148 valence electrons. The highest BCUT2D eigenvalue weighted by Gasteiger charge is 2.22. The lowest BCUT2D eigenvalue weighted by molar-refractivity contribution is 0.521. The first-order valence-corrected chi connectivity index (χ1v) is 11.4. The molecule has 0 aliphatic rings. The third kappa shape index (κ3) is 4.04. The van der Waals surface area contributed by atoms with Crippen LogP contribution in [0, 0.1) is 6.92 Å². The Morgan fingerprint density at radius 1 is 1.11 bits per heavy atom. The van der Waals surface area contributed by atoms with E-state index in [0.717, 1.165) is 31.6 Å². The summed E-state index contributed by atoms with van der Waals surface area (Å²) >= 11 is 13.6. The molecule has 0 aliphatic heterocycles. The Kier molecular flexibility index (Phi) is 6.03. The van der Waals surface area contributed by atoms with Crippen molar-refractivity contribution in [3.63, 3.8) is 0 Å². The van der Waals surface area contributed by atoms with Crippen molar-refractivity contribution in [3.05, 3.63) is 62.2 Å². The number of halogens is 2. The molecular weight excluding hydrogens is 437 g/mol. The molecule has 0 radical (unpaired) electrons. The van der Waals surface area contributed by atoms with E-state index in [4.69, 9.17) is 28.2 Å². The van der Waals surface area contributed by atoms with Crippen molar-refractivity contribution in [2.24, 2.45) is 12.0 Å². The van der Waals surface area contributed by atoms with E-state index in [1.54, 1.807) is 24.3 Å². The lowest BCUT2D eigenvalue weighted by Gasteiger charge is -2.14. The van der Waals surface area contributed by atoms with E-state index in [2.05, 4.69) is 0 Å². The van der Waals surface area contributed by atoms with Crippen molar-refractivity contribution in [3.8, 4) is 11.3 Å². The molecule has 0 unspecified atom stereocenters. The minimum Gasteiger partial charge on any atom is -0.320 e. The Morgan fingerprint density at radius 2 is 1.82 bits per heavy atom. The van der Waals surface area contributed by atoms with Crippen LogP contribution in [0.3, 0.4) is 0 Å². The van der Waals surface area contributed by atoms with E-state index >= 15 is 0 Å². The van der Waals surface area contributed by atoms with Gasteiger partial charge in [0.05, 0.1) is 16.4 Å². The molecule has 1 aromatic heterocycles. The molecule has 28 heavy (non-hydrogen) atoms. The molecule has 2 aromatic carbocycles. The Bertz CT molecular complexity index is 1210. The fourth-order valence-corrected chi connectivity index (χ4v) is 5.18. The monoisotopic (exact) mass is 455 g/mol. The second-order valence-corrected chi connectivity index (χ2v) is 10.2. The summed E-state index contributed by atoms with van der Waals surface area (Å²) in [4.78, 5) is 5.58. The van der Waals surface area contributed by atoms with Gasteiger partial charge < -0.3 is 4.57 Å². The van der Waals surface area contributed by atoms with Crippen molar-refractivity contribution in [2.45, 2.75) is 11.8 Å². The van der Waals surface area contributed by atoms with Crippen LogP contribution in [0.25, 0.3) is 11.3 Å². The lowest BCUT2D eigenvalue weighted by atomic mass is 10.2. The highest BCUT2D eigenvalue weighted by molar-refractivity contribution is 7.89. The molecule has 1 heterocycles. The predicted molar refractivity (Wildman–Crippen MR) is 116 cm³/mol. The Hall–Kier alpha value is -1.64. The third-order valence-corrected chi connectivity index (χ3v) is 7.73. The van der Waals surface area contributed by atoms with Crippen LogP contribution in [0.4, 0.5) is 5.69 Å². The number of benzene rings is 2. The van der Waals surface area contributed by atoms with Gasteiger partial charge in [0.15, 0.2) is 4.80 Å². The molecule has 3 aromatic rings. The van der Waals surface area contributed by atoms with Gasteiger partial charge in [0, 0.05) is 37.1 Å². The van der Waals surface area contributed by atoms with E-state index in [0.29, 0.717) is 5.02 Å². The van der Waals surface area contributed by atoms with Gasteiger partial charge in [-0.25, -0.2) is 17.7 Å². The molecule has 5 nitrogen and oxygen atoms in total. The molecule has 0 spiro atoms. The average molecular weight is 456 g/mol. The van der Waals surface area contributed by atoms with Gasteiger partial charge in [-0.2, -0.15) is 0 Å². The predicted octanol–water partition coefficient (Wildman–Crippen LogP) is 4.85. The first kappa shape index (κ1) is 21.1. The number of hydrogen-bond acceptors (Lipinski definition) is 4. The molecule has 0 amide bonds. The molecule has 0 saturated heterocycles. The van der Waals surface area contributed by atoms with Gasteiger partial charge >= 0.3 is 0 Å². The van der Waals surface area contributed by atoms with Gasteiger partial charge in [0.2, 0.25) is 10.0 Å². The maximum Gasteiger partial charge on any atom is 0.244 e. The van der Waals surface area contributed by atoms with Gasteiger partial charge in [0.25, 0.3) is 0 Å². The van der Waals surface area contributed by atoms with Crippen LogP contribution in [0.5, 0.6) is 0 Å². The van der Waals surface area contributed by atoms with Crippen molar-refractivity contribution in [1.29, 1.82) is 0 Å². The summed E-state index contributed by atoms with van der Waals surface area (Å²) in [5.41, 5.74) is 3.41. The van der Waals surface area contributed by atoms with Crippen LogP contribution in [-0.2, 0) is 17.1 Å². The molecule has 0 N–H and O–H groups in total. The first-order chi connectivity index (χ1) is 13.1. The number of aryl methyl sites for hydroxylation is 1. The van der Waals surface area contributed by atoms with Gasteiger partial charge in [-0.15, -0.1) is 11.3 Å². The van der Waals surface area contributed by atoms with Gasteiger partial charge in [0.1, 0.15) is 4.90 Å². The van der Waals surface area contributed by atoms with Crippen LogP contribution in [0.1, 0.15) is 5.56 Å². The van der Waals surface area contributed by atoms with Crippen LogP contribution in [0.2, 0.25) is 10.0 Å². The van der Waals surface area contributed by atoms with Crippen molar-refractivity contribution in [2.75, 3.05) is 14.1 Å². The quantitative estimate of drug-likeness (QED) is 0.564. The number of nitrogens with zero attached hydrogens (tertiary/aromatic N) is 3. The van der Waals surface area contributed by atoms with Gasteiger partial charge in [-0.1, -0.05) is 29.3 Å². The fourth-order valence-electron chi connectivity index (χ4n) is 2.64. The van der Waals surface area contributed by atoms with Crippen molar-refractivity contribution >= 4 is 50.2 Å². The zero-order valence-corrected chi connectivity index (χ0v) is 18.9. The van der Waals surface area contributed by atoms with Crippen LogP contribution >= 0.6 is 34.5 Å². The highest BCUT2D eigenvalue weighted by Crippen LogP contribution is 2.30. The van der Waals surface area contributed by atoms with Gasteiger partial charge in [-0.3, -0.25) is 0 Å². The number of sulfonamides is 1. The van der Waals surface area contributed by atoms with Crippen LogP contribution in [0.15, 0.2) is 51.7 Å². The van der Waals surface area contributed by atoms with E-state index in [1.165, 1.54) is 25.4 Å². The van der Waals surface area contributed by atoms with E-state index in [9.17, 15) is 8.42 Å². The van der Waals surface area contributed by atoms with E-state index in [-0.39, 0.29) is 9.92 Å². The maximum absolute atomic E-state index is 12.5. The average Bonchev–Trinajstić information content (AvgIpc) is 2.98. The first-order valence-electron chi connectivity index (χ1n) is 8.29. The summed E-state index contributed by atoms with van der Waals surface area (Å²) in [6.07, 6.45) is 0. The lowest BCUT2D eigenvalue weighted by Crippen LogP contribution is -2.22. The second kappa shape index (κ2) is 8.00. The number of aromatic nitrogens is 1. The topological polar surface area (TPSA) is 54.7 Å². The summed E-state index contributed by atoms with van der Waals surface area (Å²) in [7, 11) is 1.21. The molecule has 0 aliphatic carbocycles. The highest BCUT2D eigenvalue weighted by atomic mass is 35.5. The van der Waals surface area contributed by atoms with Gasteiger partial charge in [-0.05, 0) is 42.8 Å². The summed E-state index contributed by atoms with van der Waals surface area (Å²) in [5.74, 6) is 0. The zero-order valence-electron chi connectivity index (χ0n) is 15.8. The van der Waals surface area contributed by atoms with Crippen molar-refractivity contribution < 1.29 is 8.42 Å². The largest absolute Gasteiger partial charge is 0.320 e. The fraction of sp³-hybridized carbons (Fsp3) is 0.211. The molecule has 0 fully saturated rings. The number of rotatable bonds is 4. The number of hydrogen-bond donors (Lipinski definition) is 0. The van der Waals surface area contributed by atoms with Crippen molar-refractivity contribution in [1.82, 2.24) is 8.87 Å². The minimum atomic E-state index is -3.64. The zero-order chi connectivity index (χ0) is 20.6. The number of thiazole rings is 1. The molecule has 0 bridgehead atoms. The summed E-state index contributed by atoms with van der Waals surface area (Å²) in [6, 6.07) is 10.5. The van der Waals surface area contributed by atoms with E-state index in [1.807, 2.05) is 36.1 Å². The Labute approximate surface area is 178 Å². The van der Waals surface area contributed by atoms with Crippen LogP contribution in [-0.4, -0.2) is 31.4 Å². The molecule has 3 rings (SSSR count). The van der Waals surface area contributed by atoms with E-state index < -0.39 is 10.0 Å². The molecule has 9 heteroatoms. The molecular formula is C19H19Cl2N3O2S2. The minimum absolute atomic E-state index is 0.0786. The maximum atomic E-state index is 12.5. The SMILES string of the molecule is Cc1cc(Cl)ccc1/N=c1/scc(-c2ccc(Cl)c(S(=O)(=O)N(C)C)c2)n1C. The molecule has 0 saturated carbocycles. The normalized spacial score (nSPS) is 12.8. The third-order valence-electron chi connectivity index (χ3n) is 4.28. The second-order valence-electron chi connectivity index (χ2n) is 6.44. The standard InChI is InChI=1S/C19H19Cl2N3O2S2/c1-12-9-14(20)6-8-16(12)22-19-24(4)17(11-27-19)13-5-7-15(21)18(10-13)28(25,26)23(2)3/h5-11H,1-4H3/b22-19+. The summed E-state index contributed by atoms with van der Waals surface area (Å²) in [6.45, 7) is 1.96. The Balaban J connectivity index is 2.11. The summed E-state index contributed by atoms with van der Waals surface area (Å²) in [5, 5.41) is 2.81. The summed E-state index contributed by atoms with van der Waals surface area (Å²) < 4.78 is 28.2. The van der Waals surface area contributed by atoms with Crippen LogP contribution < -0.4 is 4.80 Å². The smallest absolute Gasteiger partial charge is 0.244 e. The Morgan fingerprint density at radius 3 is 2.46 bits per heavy atom.